The normalized spacial score (nSPS) is 14.6. The number of nitrogens with zero attached hydrogens (tertiary/aromatic N) is 1. The molecule has 0 saturated carbocycles. The van der Waals surface area contributed by atoms with E-state index in [4.69, 9.17) is 5.73 Å². The van der Waals surface area contributed by atoms with Crippen LogP contribution in [-0.2, 0) is 6.54 Å². The maximum atomic E-state index is 5.47. The van der Waals surface area contributed by atoms with Crippen LogP contribution in [0.1, 0.15) is 5.56 Å². The van der Waals surface area contributed by atoms with Gasteiger partial charge in [-0.15, -0.1) is 0 Å². The quantitative estimate of drug-likeness (QED) is 0.644. The molecule has 0 aromatic heterocycles. The maximum Gasteiger partial charge on any atom is 0.115 e. The van der Waals surface area contributed by atoms with Gasteiger partial charge in [-0.3, -0.25) is 4.99 Å². The highest BCUT2D eigenvalue weighted by atomic mass is 15.0. The van der Waals surface area contributed by atoms with Crippen LogP contribution < -0.4 is 11.1 Å². The number of fused-ring (bicyclic) bond motifs is 1. The molecule has 1 aliphatic rings. The second kappa shape index (κ2) is 2.95. The first-order chi connectivity index (χ1) is 5.90. The van der Waals surface area contributed by atoms with E-state index in [9.17, 15) is 0 Å². The van der Waals surface area contributed by atoms with E-state index < -0.39 is 0 Å². The SMILES string of the molecule is NCC1=NCc2ccccc2N1. The summed E-state index contributed by atoms with van der Waals surface area (Å²) in [4.78, 5) is 4.27. The smallest absolute Gasteiger partial charge is 0.115 e. The summed E-state index contributed by atoms with van der Waals surface area (Å²) < 4.78 is 0. The zero-order chi connectivity index (χ0) is 8.39. The highest BCUT2D eigenvalue weighted by molar-refractivity contribution is 5.98. The van der Waals surface area contributed by atoms with E-state index in [1.807, 2.05) is 18.2 Å². The molecule has 1 heterocycles. The standard InChI is InChI=1S/C9H11N3/c10-5-9-11-6-7-3-1-2-4-8(7)12-9/h1-4H,5-6,10H2,(H,11,12). The molecule has 0 unspecified atom stereocenters. The second-order valence-corrected chi connectivity index (χ2v) is 2.75. The first kappa shape index (κ1) is 7.31. The van der Waals surface area contributed by atoms with E-state index >= 15 is 0 Å². The lowest BCUT2D eigenvalue weighted by Gasteiger charge is -2.16. The van der Waals surface area contributed by atoms with Gasteiger partial charge in [-0.1, -0.05) is 18.2 Å². The third-order valence-corrected chi connectivity index (χ3v) is 1.93. The molecule has 0 fully saturated rings. The van der Waals surface area contributed by atoms with Gasteiger partial charge in [0.05, 0.1) is 13.1 Å². The van der Waals surface area contributed by atoms with Gasteiger partial charge in [0, 0.05) is 5.69 Å². The Hall–Kier alpha value is -1.35. The second-order valence-electron chi connectivity index (χ2n) is 2.75. The monoisotopic (exact) mass is 161 g/mol. The molecular formula is C9H11N3. The largest absolute Gasteiger partial charge is 0.343 e. The summed E-state index contributed by atoms with van der Waals surface area (Å²) in [5, 5.41) is 3.17. The van der Waals surface area contributed by atoms with Crippen molar-refractivity contribution >= 4 is 11.5 Å². The van der Waals surface area contributed by atoms with Crippen molar-refractivity contribution in [2.75, 3.05) is 11.9 Å². The molecule has 0 amide bonds. The molecule has 0 radical (unpaired) electrons. The molecule has 1 aromatic carbocycles. The van der Waals surface area contributed by atoms with E-state index in [1.54, 1.807) is 0 Å². The highest BCUT2D eigenvalue weighted by Gasteiger charge is 2.07. The summed E-state index contributed by atoms with van der Waals surface area (Å²) in [6, 6.07) is 8.13. The molecule has 3 nitrogen and oxygen atoms in total. The average Bonchev–Trinajstić information content (AvgIpc) is 2.17. The molecule has 1 aliphatic heterocycles. The van der Waals surface area contributed by atoms with Gasteiger partial charge in [-0.25, -0.2) is 0 Å². The Labute approximate surface area is 71.3 Å². The molecule has 0 atom stereocenters. The Bertz CT molecular complexity index is 317. The summed E-state index contributed by atoms with van der Waals surface area (Å²) in [5.74, 6) is 0.869. The first-order valence-electron chi connectivity index (χ1n) is 3.98. The number of hydrogen-bond acceptors (Lipinski definition) is 3. The van der Waals surface area contributed by atoms with Crippen LogP contribution in [-0.4, -0.2) is 12.4 Å². The van der Waals surface area contributed by atoms with Crippen LogP contribution in [0.4, 0.5) is 5.69 Å². The topological polar surface area (TPSA) is 50.4 Å². The lowest BCUT2D eigenvalue weighted by Crippen LogP contribution is -2.25. The molecule has 12 heavy (non-hydrogen) atoms. The van der Waals surface area contributed by atoms with Crippen molar-refractivity contribution in [3.63, 3.8) is 0 Å². The average molecular weight is 161 g/mol. The van der Waals surface area contributed by atoms with E-state index in [0.717, 1.165) is 18.1 Å². The van der Waals surface area contributed by atoms with Crippen LogP contribution in [0.2, 0.25) is 0 Å². The predicted octanol–water partition coefficient (Wildman–Crippen LogP) is 0.969. The summed E-state index contributed by atoms with van der Waals surface area (Å²) >= 11 is 0. The van der Waals surface area contributed by atoms with Gasteiger partial charge in [0.25, 0.3) is 0 Å². The van der Waals surface area contributed by atoms with E-state index in [2.05, 4.69) is 16.4 Å². The molecule has 3 N–H and O–H groups in total. The lowest BCUT2D eigenvalue weighted by atomic mass is 10.1. The number of aliphatic imine (C=N–C) groups is 1. The minimum Gasteiger partial charge on any atom is -0.343 e. The maximum absolute atomic E-state index is 5.47. The number of nitrogens with one attached hydrogen (secondary N) is 1. The van der Waals surface area contributed by atoms with Crippen molar-refractivity contribution in [2.45, 2.75) is 6.54 Å². The van der Waals surface area contributed by atoms with E-state index in [-0.39, 0.29) is 0 Å². The van der Waals surface area contributed by atoms with Gasteiger partial charge in [-0.2, -0.15) is 0 Å². The molecule has 0 aliphatic carbocycles. The third kappa shape index (κ3) is 1.19. The molecule has 3 heteroatoms. The molecule has 2 rings (SSSR count). The summed E-state index contributed by atoms with van der Waals surface area (Å²) in [5.41, 5.74) is 7.83. The number of benzene rings is 1. The summed E-state index contributed by atoms with van der Waals surface area (Å²) in [6.45, 7) is 1.23. The molecule has 0 spiro atoms. The number of rotatable bonds is 1. The molecule has 1 aromatic rings. The number of nitrogens with two attached hydrogens (primary N) is 1. The van der Waals surface area contributed by atoms with Gasteiger partial charge in [0.2, 0.25) is 0 Å². The molecule has 62 valence electrons. The third-order valence-electron chi connectivity index (χ3n) is 1.93. The highest BCUT2D eigenvalue weighted by Crippen LogP contribution is 2.19. The molecule has 0 bridgehead atoms. The Morgan fingerprint density at radius 3 is 3.08 bits per heavy atom. The van der Waals surface area contributed by atoms with Gasteiger partial charge in [-0.05, 0) is 11.6 Å². The van der Waals surface area contributed by atoms with Gasteiger partial charge in [0.15, 0.2) is 0 Å². The number of amidine groups is 1. The van der Waals surface area contributed by atoms with Crippen LogP contribution >= 0.6 is 0 Å². The number of anilines is 1. The van der Waals surface area contributed by atoms with E-state index in [1.165, 1.54) is 5.56 Å². The fourth-order valence-electron chi connectivity index (χ4n) is 1.27. The predicted molar refractivity (Wildman–Crippen MR) is 50.3 cm³/mol. The van der Waals surface area contributed by atoms with Crippen molar-refractivity contribution in [3.05, 3.63) is 29.8 Å². The molecular weight excluding hydrogens is 150 g/mol. The van der Waals surface area contributed by atoms with Crippen molar-refractivity contribution in [1.82, 2.24) is 0 Å². The van der Waals surface area contributed by atoms with E-state index in [0.29, 0.717) is 6.54 Å². The molecule has 0 saturated heterocycles. The minimum absolute atomic E-state index is 0.480. The summed E-state index contributed by atoms with van der Waals surface area (Å²) in [7, 11) is 0. The van der Waals surface area contributed by atoms with Crippen LogP contribution in [0.25, 0.3) is 0 Å². The van der Waals surface area contributed by atoms with Gasteiger partial charge < -0.3 is 11.1 Å². The van der Waals surface area contributed by atoms with Crippen LogP contribution in [0, 0.1) is 0 Å². The fraction of sp³-hybridized carbons (Fsp3) is 0.222. The first-order valence-corrected chi connectivity index (χ1v) is 3.98. The Kier molecular flexibility index (Phi) is 1.80. The van der Waals surface area contributed by atoms with Gasteiger partial charge in [0.1, 0.15) is 5.84 Å². The Morgan fingerprint density at radius 1 is 1.42 bits per heavy atom. The zero-order valence-corrected chi connectivity index (χ0v) is 6.75. The van der Waals surface area contributed by atoms with Gasteiger partial charge >= 0.3 is 0 Å². The van der Waals surface area contributed by atoms with Crippen LogP contribution in [0.3, 0.4) is 0 Å². The minimum atomic E-state index is 0.480. The van der Waals surface area contributed by atoms with Crippen molar-refractivity contribution in [2.24, 2.45) is 10.7 Å². The number of hydrogen-bond donors (Lipinski definition) is 2. The van der Waals surface area contributed by atoms with Crippen LogP contribution in [0.15, 0.2) is 29.3 Å². The summed E-state index contributed by atoms with van der Waals surface area (Å²) in [6.07, 6.45) is 0. The number of para-hydroxylation sites is 1. The van der Waals surface area contributed by atoms with Crippen molar-refractivity contribution < 1.29 is 0 Å². The van der Waals surface area contributed by atoms with Crippen molar-refractivity contribution in [1.29, 1.82) is 0 Å². The zero-order valence-electron chi connectivity index (χ0n) is 6.75. The Balaban J connectivity index is 2.31. The van der Waals surface area contributed by atoms with Crippen molar-refractivity contribution in [3.8, 4) is 0 Å². The fourth-order valence-corrected chi connectivity index (χ4v) is 1.27. The Morgan fingerprint density at radius 2 is 2.25 bits per heavy atom. The van der Waals surface area contributed by atoms with Crippen LogP contribution in [0.5, 0.6) is 0 Å². The lowest BCUT2D eigenvalue weighted by molar-refractivity contribution is 1.03.